The van der Waals surface area contributed by atoms with Gasteiger partial charge in [0, 0.05) is 24.2 Å². The zero-order valence-corrected chi connectivity index (χ0v) is 12.8. The second-order valence-electron chi connectivity index (χ2n) is 4.54. The van der Waals surface area contributed by atoms with E-state index in [2.05, 4.69) is 15.8 Å². The molecule has 23 heavy (non-hydrogen) atoms. The summed E-state index contributed by atoms with van der Waals surface area (Å²) in [6.07, 6.45) is 1.45. The minimum atomic E-state index is -0.447. The molecule has 118 valence electrons. The molecule has 2 rings (SSSR count). The highest BCUT2D eigenvalue weighted by molar-refractivity contribution is 7.80. The molecule has 3 N–H and O–H groups in total. The van der Waals surface area contributed by atoms with Crippen molar-refractivity contribution in [2.24, 2.45) is 5.10 Å². The average molecular weight is 330 g/mol. The van der Waals surface area contributed by atoms with Crippen LogP contribution in [-0.4, -0.2) is 21.4 Å². The fraction of sp³-hybridized carbons (Fsp3) is 0.0667. The zero-order valence-electron chi connectivity index (χ0n) is 12.0. The third-order valence-corrected chi connectivity index (χ3v) is 3.14. The molecule has 0 radical (unpaired) electrons. The molecule has 0 aliphatic heterocycles. The van der Waals surface area contributed by atoms with Crippen molar-refractivity contribution in [3.8, 4) is 5.75 Å². The van der Waals surface area contributed by atoms with Crippen LogP contribution in [0.5, 0.6) is 5.75 Å². The van der Waals surface area contributed by atoms with E-state index in [-0.39, 0.29) is 11.4 Å². The molecule has 0 aliphatic rings. The number of hydrogen-bond donors (Lipinski definition) is 3. The smallest absolute Gasteiger partial charge is 0.269 e. The van der Waals surface area contributed by atoms with Gasteiger partial charge in [0.25, 0.3) is 5.69 Å². The first-order chi connectivity index (χ1) is 11.1. The Balaban J connectivity index is 1.81. The molecule has 8 heteroatoms. The number of nitro groups is 1. The number of benzene rings is 2. The van der Waals surface area contributed by atoms with E-state index in [0.717, 1.165) is 5.56 Å². The summed E-state index contributed by atoms with van der Waals surface area (Å²) in [5.74, 6) is 0.128. The van der Waals surface area contributed by atoms with E-state index in [1.165, 1.54) is 18.3 Å². The molecular weight excluding hydrogens is 316 g/mol. The van der Waals surface area contributed by atoms with E-state index in [1.54, 1.807) is 36.4 Å². The maximum atomic E-state index is 10.6. The van der Waals surface area contributed by atoms with E-state index in [0.29, 0.717) is 17.2 Å². The van der Waals surface area contributed by atoms with Crippen LogP contribution in [0.2, 0.25) is 0 Å². The van der Waals surface area contributed by atoms with Crippen LogP contribution in [0.4, 0.5) is 5.69 Å². The summed E-state index contributed by atoms with van der Waals surface area (Å²) in [4.78, 5) is 10.1. The van der Waals surface area contributed by atoms with Crippen molar-refractivity contribution in [1.29, 1.82) is 0 Å². The lowest BCUT2D eigenvalue weighted by atomic mass is 10.2. The van der Waals surface area contributed by atoms with Crippen LogP contribution in [0.1, 0.15) is 11.1 Å². The standard InChI is InChI=1S/C15H14N4O3S/c20-14-4-2-1-3-12(14)10-17-18-15(23)16-9-11-5-7-13(8-6-11)19(21)22/h1-8,10,20H,9H2,(H2,16,18,23)/b17-10+. The van der Waals surface area contributed by atoms with Crippen molar-refractivity contribution >= 4 is 29.2 Å². The Morgan fingerprint density at radius 1 is 1.26 bits per heavy atom. The first kappa shape index (κ1) is 16.4. The van der Waals surface area contributed by atoms with Gasteiger partial charge in [-0.15, -0.1) is 0 Å². The minimum absolute atomic E-state index is 0.0433. The molecule has 0 saturated heterocycles. The molecule has 0 saturated carbocycles. The molecule has 0 amide bonds. The first-order valence-corrected chi connectivity index (χ1v) is 7.05. The van der Waals surface area contributed by atoms with Gasteiger partial charge in [0.15, 0.2) is 5.11 Å². The van der Waals surface area contributed by atoms with E-state index in [1.807, 2.05) is 0 Å². The van der Waals surface area contributed by atoms with Crippen molar-refractivity contribution in [2.75, 3.05) is 0 Å². The molecule has 0 unspecified atom stereocenters. The van der Waals surface area contributed by atoms with E-state index in [9.17, 15) is 15.2 Å². The number of thiocarbonyl (C=S) groups is 1. The zero-order chi connectivity index (χ0) is 16.7. The Morgan fingerprint density at radius 3 is 2.61 bits per heavy atom. The third kappa shape index (κ3) is 5.04. The molecule has 0 spiro atoms. The average Bonchev–Trinajstić information content (AvgIpc) is 2.55. The number of hydrazone groups is 1. The van der Waals surface area contributed by atoms with Crippen LogP contribution >= 0.6 is 12.2 Å². The van der Waals surface area contributed by atoms with Crippen LogP contribution in [0.15, 0.2) is 53.6 Å². The molecule has 0 atom stereocenters. The minimum Gasteiger partial charge on any atom is -0.507 e. The van der Waals surface area contributed by atoms with Crippen LogP contribution in [0, 0.1) is 10.1 Å². The Labute approximate surface area is 137 Å². The highest BCUT2D eigenvalue weighted by atomic mass is 32.1. The van der Waals surface area contributed by atoms with Crippen LogP contribution in [-0.2, 0) is 6.54 Å². The molecule has 0 heterocycles. The van der Waals surface area contributed by atoms with Gasteiger partial charge in [-0.05, 0) is 29.9 Å². The first-order valence-electron chi connectivity index (χ1n) is 6.64. The fourth-order valence-corrected chi connectivity index (χ4v) is 1.84. The highest BCUT2D eigenvalue weighted by Gasteiger charge is 2.04. The number of non-ortho nitro benzene ring substituents is 1. The third-order valence-electron chi connectivity index (χ3n) is 2.91. The monoisotopic (exact) mass is 330 g/mol. The van der Waals surface area contributed by atoms with Crippen molar-refractivity contribution in [2.45, 2.75) is 6.54 Å². The Morgan fingerprint density at radius 2 is 1.96 bits per heavy atom. The van der Waals surface area contributed by atoms with E-state index in [4.69, 9.17) is 12.2 Å². The summed E-state index contributed by atoms with van der Waals surface area (Å²) in [6, 6.07) is 13.0. The highest BCUT2D eigenvalue weighted by Crippen LogP contribution is 2.12. The summed E-state index contributed by atoms with van der Waals surface area (Å²) in [6.45, 7) is 0.413. The molecular formula is C15H14N4O3S. The normalized spacial score (nSPS) is 10.4. The van der Waals surface area contributed by atoms with Gasteiger partial charge in [0.2, 0.25) is 0 Å². The SMILES string of the molecule is O=[N+]([O-])c1ccc(CNC(=S)N/N=C/c2ccccc2O)cc1. The van der Waals surface area contributed by atoms with Gasteiger partial charge in [0.1, 0.15) is 5.75 Å². The van der Waals surface area contributed by atoms with Crippen LogP contribution < -0.4 is 10.7 Å². The summed E-state index contributed by atoms with van der Waals surface area (Å²) in [7, 11) is 0. The van der Waals surface area contributed by atoms with Gasteiger partial charge < -0.3 is 10.4 Å². The van der Waals surface area contributed by atoms with Crippen molar-refractivity contribution < 1.29 is 10.0 Å². The summed E-state index contributed by atoms with van der Waals surface area (Å²) >= 11 is 5.06. The maximum Gasteiger partial charge on any atom is 0.269 e. The number of nitrogens with zero attached hydrogens (tertiary/aromatic N) is 2. The molecule has 2 aromatic carbocycles. The van der Waals surface area contributed by atoms with E-state index < -0.39 is 4.92 Å². The second-order valence-corrected chi connectivity index (χ2v) is 4.94. The summed E-state index contributed by atoms with van der Waals surface area (Å²) in [5.41, 5.74) is 4.09. The molecule has 0 aliphatic carbocycles. The molecule has 7 nitrogen and oxygen atoms in total. The molecule has 0 fully saturated rings. The molecule has 2 aromatic rings. The molecule has 0 bridgehead atoms. The molecule has 0 aromatic heterocycles. The quantitative estimate of drug-likeness (QED) is 0.337. The van der Waals surface area contributed by atoms with Gasteiger partial charge in [-0.2, -0.15) is 5.10 Å². The Kier molecular flexibility index (Phi) is 5.59. The summed E-state index contributed by atoms with van der Waals surface area (Å²) < 4.78 is 0. The number of phenolic OH excluding ortho intramolecular Hbond substituents is 1. The number of rotatable bonds is 5. The number of aromatic hydroxyl groups is 1. The van der Waals surface area contributed by atoms with Crippen molar-refractivity contribution in [3.05, 3.63) is 69.8 Å². The predicted octanol–water partition coefficient (Wildman–Crippen LogP) is 2.30. The number of nitro benzene ring substituents is 1. The van der Waals surface area contributed by atoms with Crippen molar-refractivity contribution in [3.63, 3.8) is 0 Å². The van der Waals surface area contributed by atoms with Crippen LogP contribution in [0.3, 0.4) is 0 Å². The summed E-state index contributed by atoms with van der Waals surface area (Å²) in [5, 5.41) is 27.3. The number of nitrogens with one attached hydrogen (secondary N) is 2. The van der Waals surface area contributed by atoms with Gasteiger partial charge in [-0.3, -0.25) is 15.5 Å². The Hall–Kier alpha value is -3.00. The van der Waals surface area contributed by atoms with Crippen molar-refractivity contribution in [1.82, 2.24) is 10.7 Å². The lowest BCUT2D eigenvalue weighted by Crippen LogP contribution is -2.31. The lowest BCUT2D eigenvalue weighted by molar-refractivity contribution is -0.384. The second kappa shape index (κ2) is 7.85. The lowest BCUT2D eigenvalue weighted by Gasteiger charge is -2.07. The van der Waals surface area contributed by atoms with Gasteiger partial charge in [-0.1, -0.05) is 24.3 Å². The van der Waals surface area contributed by atoms with Gasteiger partial charge in [0.05, 0.1) is 11.1 Å². The van der Waals surface area contributed by atoms with Gasteiger partial charge >= 0.3 is 0 Å². The number of para-hydroxylation sites is 1. The van der Waals surface area contributed by atoms with Crippen LogP contribution in [0.25, 0.3) is 0 Å². The predicted molar refractivity (Wildman–Crippen MR) is 91.4 cm³/mol. The largest absolute Gasteiger partial charge is 0.507 e. The Bertz CT molecular complexity index is 732. The maximum absolute atomic E-state index is 10.6. The fourth-order valence-electron chi connectivity index (χ4n) is 1.71. The number of phenols is 1. The van der Waals surface area contributed by atoms with Gasteiger partial charge in [-0.25, -0.2) is 0 Å². The van der Waals surface area contributed by atoms with E-state index >= 15 is 0 Å². The number of hydrogen-bond acceptors (Lipinski definition) is 5. The topological polar surface area (TPSA) is 99.8 Å².